The van der Waals surface area contributed by atoms with Crippen molar-refractivity contribution >= 4 is 21.8 Å². The Morgan fingerprint density at radius 3 is 2.76 bits per heavy atom. The Labute approximate surface area is 132 Å². The first-order valence-corrected chi connectivity index (χ1v) is 7.54. The lowest BCUT2D eigenvalue weighted by atomic mass is 10.1. The minimum absolute atomic E-state index is 0.0895. The molecule has 0 saturated carbocycles. The zero-order chi connectivity index (χ0) is 15.4. The Bertz CT molecular complexity index is 646. The summed E-state index contributed by atoms with van der Waals surface area (Å²) in [6.07, 6.45) is 1.63. The Hall–Kier alpha value is -1.88. The molecule has 2 aromatic rings. The Kier molecular flexibility index (Phi) is 4.96. The number of rotatable bonds is 4. The molecule has 1 aromatic carbocycles. The molecule has 1 unspecified atom stereocenters. The molecule has 0 bridgehead atoms. The first kappa shape index (κ1) is 15.5. The van der Waals surface area contributed by atoms with Gasteiger partial charge in [-0.05, 0) is 59.6 Å². The maximum absolute atomic E-state index is 12.7. The summed E-state index contributed by atoms with van der Waals surface area (Å²) in [4.78, 5) is 18.5. The topological polar surface area (TPSA) is 53.4 Å². The van der Waals surface area contributed by atoms with Crippen LogP contribution < -0.4 is 0 Å². The second-order valence-electron chi connectivity index (χ2n) is 4.70. The molecule has 0 spiro atoms. The lowest BCUT2D eigenvalue weighted by Crippen LogP contribution is -2.33. The fourth-order valence-corrected chi connectivity index (χ4v) is 2.68. The molecule has 0 aliphatic carbocycles. The first-order valence-electron chi connectivity index (χ1n) is 6.75. The van der Waals surface area contributed by atoms with Crippen molar-refractivity contribution in [3.63, 3.8) is 0 Å². The largest absolute Gasteiger partial charge is 0.508 e. The van der Waals surface area contributed by atoms with Gasteiger partial charge in [0, 0.05) is 12.7 Å². The van der Waals surface area contributed by atoms with Crippen molar-refractivity contribution < 1.29 is 9.90 Å². The number of phenols is 1. The van der Waals surface area contributed by atoms with E-state index < -0.39 is 0 Å². The number of amides is 1. The highest BCUT2D eigenvalue weighted by Gasteiger charge is 2.23. The van der Waals surface area contributed by atoms with Gasteiger partial charge in [0.05, 0.1) is 11.6 Å². The third kappa shape index (κ3) is 3.42. The molecule has 2 rings (SSSR count). The van der Waals surface area contributed by atoms with Crippen LogP contribution in [0.5, 0.6) is 5.75 Å². The fourth-order valence-electron chi connectivity index (χ4n) is 2.26. The number of carbonyl (C=O) groups excluding carboxylic acids is 1. The highest BCUT2D eigenvalue weighted by atomic mass is 79.9. The van der Waals surface area contributed by atoms with Gasteiger partial charge in [0.1, 0.15) is 10.4 Å². The second kappa shape index (κ2) is 6.72. The quantitative estimate of drug-likeness (QED) is 0.855. The molecule has 0 saturated heterocycles. The highest BCUT2D eigenvalue weighted by Crippen LogP contribution is 2.26. The molecule has 5 heteroatoms. The van der Waals surface area contributed by atoms with E-state index in [1.54, 1.807) is 41.4 Å². The molecular weight excluding hydrogens is 332 g/mol. The van der Waals surface area contributed by atoms with Crippen LogP contribution in [0.1, 0.15) is 35.8 Å². The molecule has 1 aromatic heterocycles. The Morgan fingerprint density at radius 1 is 1.38 bits per heavy atom. The van der Waals surface area contributed by atoms with Crippen molar-refractivity contribution in [2.24, 2.45) is 0 Å². The molecule has 1 heterocycles. The summed E-state index contributed by atoms with van der Waals surface area (Å²) >= 11 is 3.31. The number of hydrogen-bond acceptors (Lipinski definition) is 3. The van der Waals surface area contributed by atoms with Gasteiger partial charge in [0.25, 0.3) is 5.91 Å². The van der Waals surface area contributed by atoms with Crippen molar-refractivity contribution in [1.82, 2.24) is 9.88 Å². The summed E-state index contributed by atoms with van der Waals surface area (Å²) in [5, 5.41) is 9.60. The van der Waals surface area contributed by atoms with E-state index in [-0.39, 0.29) is 17.7 Å². The Morgan fingerprint density at radius 2 is 2.14 bits per heavy atom. The predicted octanol–water partition coefficient (Wildman–Crippen LogP) is 3.77. The van der Waals surface area contributed by atoms with Crippen LogP contribution in [0.2, 0.25) is 0 Å². The number of aromatic hydroxyl groups is 1. The lowest BCUT2D eigenvalue weighted by Gasteiger charge is -2.28. The normalized spacial score (nSPS) is 12.0. The zero-order valence-corrected chi connectivity index (χ0v) is 13.5. The van der Waals surface area contributed by atoms with E-state index in [1.165, 1.54) is 0 Å². The van der Waals surface area contributed by atoms with Crippen LogP contribution in [-0.2, 0) is 0 Å². The number of phenolic OH excluding ortho intramolecular Hbond substituents is 1. The van der Waals surface area contributed by atoms with Crippen molar-refractivity contribution in [2.75, 3.05) is 6.54 Å². The molecule has 0 fully saturated rings. The number of benzene rings is 1. The van der Waals surface area contributed by atoms with Crippen LogP contribution >= 0.6 is 15.9 Å². The van der Waals surface area contributed by atoms with Crippen LogP contribution in [0.25, 0.3) is 0 Å². The molecule has 4 nitrogen and oxygen atoms in total. The minimum atomic E-state index is -0.137. The number of nitrogens with zero attached hydrogens (tertiary/aromatic N) is 2. The standard InChI is InChI=1S/C16H17BrN2O2/c1-3-19(11(2)12-6-4-7-13(20)10-12)16(21)14-8-5-9-18-15(14)17/h4-11,20H,3H2,1-2H3. The van der Waals surface area contributed by atoms with Crippen LogP contribution in [0, 0.1) is 0 Å². The molecule has 0 aliphatic rings. The number of hydrogen-bond donors (Lipinski definition) is 1. The molecular formula is C16H17BrN2O2. The van der Waals surface area contributed by atoms with Gasteiger partial charge in [-0.2, -0.15) is 0 Å². The van der Waals surface area contributed by atoms with Crippen LogP contribution in [-0.4, -0.2) is 27.4 Å². The Balaban J connectivity index is 2.31. The van der Waals surface area contributed by atoms with E-state index in [9.17, 15) is 9.90 Å². The summed E-state index contributed by atoms with van der Waals surface area (Å²) in [6.45, 7) is 4.44. The summed E-state index contributed by atoms with van der Waals surface area (Å²) < 4.78 is 0.538. The van der Waals surface area contributed by atoms with Crippen LogP contribution in [0.15, 0.2) is 47.2 Å². The molecule has 0 radical (unpaired) electrons. The number of pyridine rings is 1. The van der Waals surface area contributed by atoms with Crippen LogP contribution in [0.4, 0.5) is 0 Å². The van der Waals surface area contributed by atoms with E-state index in [2.05, 4.69) is 20.9 Å². The molecule has 1 N–H and O–H groups in total. The van der Waals surface area contributed by atoms with Gasteiger partial charge in [-0.15, -0.1) is 0 Å². The summed E-state index contributed by atoms with van der Waals surface area (Å²) in [5.41, 5.74) is 1.43. The maximum atomic E-state index is 12.7. The fraction of sp³-hybridized carbons (Fsp3) is 0.250. The average Bonchev–Trinajstić information content (AvgIpc) is 2.48. The van der Waals surface area contributed by atoms with Crippen molar-refractivity contribution in [3.05, 3.63) is 58.3 Å². The smallest absolute Gasteiger partial charge is 0.257 e. The van der Waals surface area contributed by atoms with E-state index in [4.69, 9.17) is 0 Å². The molecule has 0 aliphatic heterocycles. The molecule has 1 atom stereocenters. The molecule has 21 heavy (non-hydrogen) atoms. The third-order valence-electron chi connectivity index (χ3n) is 3.41. The number of halogens is 1. The van der Waals surface area contributed by atoms with E-state index in [1.807, 2.05) is 19.9 Å². The van der Waals surface area contributed by atoms with E-state index in [0.29, 0.717) is 16.7 Å². The highest BCUT2D eigenvalue weighted by molar-refractivity contribution is 9.10. The average molecular weight is 349 g/mol. The SMILES string of the molecule is CCN(C(=O)c1cccnc1Br)C(C)c1cccc(O)c1. The van der Waals surface area contributed by atoms with Gasteiger partial charge in [0.2, 0.25) is 0 Å². The van der Waals surface area contributed by atoms with Crippen molar-refractivity contribution in [3.8, 4) is 5.75 Å². The van der Waals surface area contributed by atoms with Crippen molar-refractivity contribution in [2.45, 2.75) is 19.9 Å². The zero-order valence-electron chi connectivity index (χ0n) is 12.0. The van der Waals surface area contributed by atoms with Crippen molar-refractivity contribution in [1.29, 1.82) is 0 Å². The molecule has 1 amide bonds. The van der Waals surface area contributed by atoms with Crippen LogP contribution in [0.3, 0.4) is 0 Å². The van der Waals surface area contributed by atoms with E-state index >= 15 is 0 Å². The van der Waals surface area contributed by atoms with Gasteiger partial charge in [-0.1, -0.05) is 12.1 Å². The predicted molar refractivity (Wildman–Crippen MR) is 85.2 cm³/mol. The number of aromatic nitrogens is 1. The number of carbonyl (C=O) groups is 1. The third-order valence-corrected chi connectivity index (χ3v) is 4.04. The summed E-state index contributed by atoms with van der Waals surface area (Å²) in [6, 6.07) is 10.3. The maximum Gasteiger partial charge on any atom is 0.257 e. The van der Waals surface area contributed by atoms with Gasteiger partial charge in [-0.3, -0.25) is 4.79 Å². The first-order chi connectivity index (χ1) is 10.0. The van der Waals surface area contributed by atoms with E-state index in [0.717, 1.165) is 5.56 Å². The van der Waals surface area contributed by atoms with Gasteiger partial charge in [0.15, 0.2) is 0 Å². The monoisotopic (exact) mass is 348 g/mol. The van der Waals surface area contributed by atoms with Gasteiger partial charge >= 0.3 is 0 Å². The lowest BCUT2D eigenvalue weighted by molar-refractivity contribution is 0.0700. The molecule has 110 valence electrons. The summed E-state index contributed by atoms with van der Waals surface area (Å²) in [7, 11) is 0. The summed E-state index contributed by atoms with van der Waals surface area (Å²) in [5.74, 6) is 0.110. The minimum Gasteiger partial charge on any atom is -0.508 e. The van der Waals surface area contributed by atoms with Gasteiger partial charge < -0.3 is 10.0 Å². The second-order valence-corrected chi connectivity index (χ2v) is 5.46. The van der Waals surface area contributed by atoms with Gasteiger partial charge in [-0.25, -0.2) is 4.98 Å².